The fourth-order valence-electron chi connectivity index (χ4n) is 2.49. The Morgan fingerprint density at radius 3 is 2.30 bits per heavy atom. The Labute approximate surface area is 132 Å². The average Bonchev–Trinajstić information content (AvgIpc) is 2.38. The zero-order chi connectivity index (χ0) is 15.1. The molecule has 0 unspecified atom stereocenters. The molecule has 1 heterocycles. The number of aryl methyl sites for hydroxylation is 1. The third-order valence-corrected chi connectivity index (χ3v) is 3.85. The van der Waals surface area contributed by atoms with E-state index in [9.17, 15) is 0 Å². The molecule has 0 spiro atoms. The summed E-state index contributed by atoms with van der Waals surface area (Å²) in [7, 11) is 0. The summed E-state index contributed by atoms with van der Waals surface area (Å²) < 4.78 is 0.894. The van der Waals surface area contributed by atoms with Crippen LogP contribution < -0.4 is 4.90 Å². The van der Waals surface area contributed by atoms with Gasteiger partial charge in [-0.2, -0.15) is 0 Å². The first-order valence-electron chi connectivity index (χ1n) is 7.81. The molecule has 0 N–H and O–H groups in total. The van der Waals surface area contributed by atoms with E-state index in [0.29, 0.717) is 12.0 Å². The van der Waals surface area contributed by atoms with Crippen LogP contribution in [-0.4, -0.2) is 22.6 Å². The number of anilines is 1. The lowest BCUT2D eigenvalue weighted by Gasteiger charge is -2.33. The lowest BCUT2D eigenvalue weighted by molar-refractivity contribution is 0.502. The van der Waals surface area contributed by atoms with E-state index in [0.717, 1.165) is 48.5 Å². The second-order valence-electron chi connectivity index (χ2n) is 5.73. The number of hydrogen-bond donors (Lipinski definition) is 0. The Hall–Kier alpha value is -0.640. The minimum absolute atomic E-state index is 0.550. The third-order valence-electron chi connectivity index (χ3n) is 3.44. The van der Waals surface area contributed by atoms with Gasteiger partial charge in [-0.3, -0.25) is 0 Å². The van der Waals surface area contributed by atoms with Crippen LogP contribution in [0.15, 0.2) is 10.7 Å². The highest BCUT2D eigenvalue weighted by Crippen LogP contribution is 2.23. The SMILES string of the molecule is CCCc1nc(Br)cc(N(CC(C)C)C(CC)CC)n1. The summed E-state index contributed by atoms with van der Waals surface area (Å²) >= 11 is 3.53. The second kappa shape index (κ2) is 8.60. The molecule has 114 valence electrons. The summed E-state index contributed by atoms with van der Waals surface area (Å²) in [4.78, 5) is 11.7. The molecular formula is C16H28BrN3. The molecule has 1 rings (SSSR count). The molecular weight excluding hydrogens is 314 g/mol. The van der Waals surface area contributed by atoms with Gasteiger partial charge in [0.05, 0.1) is 0 Å². The number of rotatable bonds is 8. The van der Waals surface area contributed by atoms with E-state index in [-0.39, 0.29) is 0 Å². The van der Waals surface area contributed by atoms with Crippen LogP contribution in [0.3, 0.4) is 0 Å². The summed E-state index contributed by atoms with van der Waals surface area (Å²) in [5.41, 5.74) is 0. The van der Waals surface area contributed by atoms with Gasteiger partial charge < -0.3 is 4.90 Å². The first kappa shape index (κ1) is 17.4. The molecule has 3 nitrogen and oxygen atoms in total. The van der Waals surface area contributed by atoms with Crippen molar-refractivity contribution in [1.29, 1.82) is 0 Å². The largest absolute Gasteiger partial charge is 0.353 e. The summed E-state index contributed by atoms with van der Waals surface area (Å²) in [5.74, 6) is 2.63. The molecule has 4 heteroatoms. The van der Waals surface area contributed by atoms with E-state index < -0.39 is 0 Å². The molecule has 20 heavy (non-hydrogen) atoms. The van der Waals surface area contributed by atoms with Crippen molar-refractivity contribution >= 4 is 21.7 Å². The van der Waals surface area contributed by atoms with Crippen LogP contribution in [0, 0.1) is 5.92 Å². The van der Waals surface area contributed by atoms with Gasteiger partial charge in [0, 0.05) is 25.1 Å². The summed E-state index contributed by atoms with van der Waals surface area (Å²) in [6, 6.07) is 2.61. The van der Waals surface area contributed by atoms with Crippen LogP contribution in [0.4, 0.5) is 5.82 Å². The number of halogens is 1. The molecule has 0 aliphatic carbocycles. The fourth-order valence-corrected chi connectivity index (χ4v) is 2.90. The minimum atomic E-state index is 0.550. The third kappa shape index (κ3) is 5.04. The Balaban J connectivity index is 3.11. The van der Waals surface area contributed by atoms with Gasteiger partial charge in [0.15, 0.2) is 0 Å². The van der Waals surface area contributed by atoms with Crippen molar-refractivity contribution in [2.24, 2.45) is 5.92 Å². The normalized spacial score (nSPS) is 11.4. The van der Waals surface area contributed by atoms with Crippen molar-refractivity contribution < 1.29 is 0 Å². The number of hydrogen-bond acceptors (Lipinski definition) is 3. The highest BCUT2D eigenvalue weighted by atomic mass is 79.9. The van der Waals surface area contributed by atoms with Crippen LogP contribution >= 0.6 is 15.9 Å². The molecule has 0 saturated carbocycles. The van der Waals surface area contributed by atoms with Crippen LogP contribution in [0.2, 0.25) is 0 Å². The summed E-state index contributed by atoms with van der Waals surface area (Å²) in [6.07, 6.45) is 4.30. The van der Waals surface area contributed by atoms with E-state index in [1.54, 1.807) is 0 Å². The Bertz CT molecular complexity index is 403. The molecule has 0 aromatic carbocycles. The highest BCUT2D eigenvalue weighted by molar-refractivity contribution is 9.10. The Morgan fingerprint density at radius 1 is 1.15 bits per heavy atom. The Morgan fingerprint density at radius 2 is 1.80 bits per heavy atom. The maximum Gasteiger partial charge on any atom is 0.133 e. The average molecular weight is 342 g/mol. The molecule has 0 bridgehead atoms. The van der Waals surface area contributed by atoms with E-state index in [1.165, 1.54) is 0 Å². The monoisotopic (exact) mass is 341 g/mol. The van der Waals surface area contributed by atoms with Gasteiger partial charge >= 0.3 is 0 Å². The molecule has 0 radical (unpaired) electrons. The van der Waals surface area contributed by atoms with Gasteiger partial charge in [-0.05, 0) is 41.1 Å². The topological polar surface area (TPSA) is 29.0 Å². The van der Waals surface area contributed by atoms with Crippen molar-refractivity contribution in [1.82, 2.24) is 9.97 Å². The van der Waals surface area contributed by atoms with Gasteiger partial charge in [-0.1, -0.05) is 34.6 Å². The maximum absolute atomic E-state index is 4.78. The van der Waals surface area contributed by atoms with Crippen molar-refractivity contribution in [3.63, 3.8) is 0 Å². The predicted octanol–water partition coefficient (Wildman–Crippen LogP) is 4.84. The lowest BCUT2D eigenvalue weighted by atomic mass is 10.1. The van der Waals surface area contributed by atoms with Gasteiger partial charge in [-0.15, -0.1) is 0 Å². The van der Waals surface area contributed by atoms with E-state index >= 15 is 0 Å². The van der Waals surface area contributed by atoms with Crippen molar-refractivity contribution in [3.05, 3.63) is 16.5 Å². The van der Waals surface area contributed by atoms with Gasteiger partial charge in [0.1, 0.15) is 16.2 Å². The van der Waals surface area contributed by atoms with Crippen LogP contribution in [0.25, 0.3) is 0 Å². The first-order chi connectivity index (χ1) is 9.51. The molecule has 0 aliphatic rings. The number of aromatic nitrogens is 2. The quantitative estimate of drug-likeness (QED) is 0.633. The minimum Gasteiger partial charge on any atom is -0.353 e. The maximum atomic E-state index is 4.78. The van der Waals surface area contributed by atoms with Crippen molar-refractivity contribution in [2.45, 2.75) is 66.3 Å². The van der Waals surface area contributed by atoms with Crippen molar-refractivity contribution in [2.75, 3.05) is 11.4 Å². The standard InChI is InChI=1S/C16H28BrN3/c1-6-9-15-18-14(17)10-16(19-15)20(11-12(4)5)13(7-2)8-3/h10,12-13H,6-9,11H2,1-5H3. The molecule has 0 aliphatic heterocycles. The smallest absolute Gasteiger partial charge is 0.133 e. The lowest BCUT2D eigenvalue weighted by Crippen LogP contribution is -2.38. The van der Waals surface area contributed by atoms with Crippen LogP contribution in [-0.2, 0) is 6.42 Å². The predicted molar refractivity (Wildman–Crippen MR) is 90.3 cm³/mol. The van der Waals surface area contributed by atoms with E-state index in [4.69, 9.17) is 4.98 Å². The second-order valence-corrected chi connectivity index (χ2v) is 6.54. The molecule has 1 aromatic heterocycles. The van der Waals surface area contributed by atoms with Crippen LogP contribution in [0.5, 0.6) is 0 Å². The van der Waals surface area contributed by atoms with E-state index in [1.807, 2.05) is 0 Å². The molecule has 0 amide bonds. The molecule has 1 aromatic rings. The van der Waals surface area contributed by atoms with Crippen molar-refractivity contribution in [3.8, 4) is 0 Å². The summed E-state index contributed by atoms with van der Waals surface area (Å²) in [5, 5.41) is 0. The van der Waals surface area contributed by atoms with Gasteiger partial charge in [0.2, 0.25) is 0 Å². The highest BCUT2D eigenvalue weighted by Gasteiger charge is 2.19. The zero-order valence-corrected chi connectivity index (χ0v) is 15.1. The van der Waals surface area contributed by atoms with Crippen LogP contribution in [0.1, 0.15) is 59.7 Å². The number of nitrogens with zero attached hydrogens (tertiary/aromatic N) is 3. The first-order valence-corrected chi connectivity index (χ1v) is 8.61. The fraction of sp³-hybridized carbons (Fsp3) is 0.750. The zero-order valence-electron chi connectivity index (χ0n) is 13.5. The molecule has 0 saturated heterocycles. The van der Waals surface area contributed by atoms with E-state index in [2.05, 4.69) is 66.5 Å². The Kier molecular flexibility index (Phi) is 7.49. The molecule has 0 fully saturated rings. The van der Waals surface area contributed by atoms with Gasteiger partial charge in [-0.25, -0.2) is 9.97 Å². The summed E-state index contributed by atoms with van der Waals surface area (Å²) in [6.45, 7) is 12.2. The van der Waals surface area contributed by atoms with Gasteiger partial charge in [0.25, 0.3) is 0 Å². The molecule has 0 atom stereocenters.